The molecule has 0 unspecified atom stereocenters. The van der Waals surface area contributed by atoms with Crippen LogP contribution < -0.4 is 9.54 Å². The van der Waals surface area contributed by atoms with E-state index in [0.717, 1.165) is 16.2 Å². The lowest BCUT2D eigenvalue weighted by Gasteiger charge is -2.09. The van der Waals surface area contributed by atoms with Crippen LogP contribution >= 0.6 is 11.3 Å². The van der Waals surface area contributed by atoms with E-state index in [2.05, 4.69) is 45.3 Å². The number of pyridine rings is 1. The molecule has 5 rings (SSSR count). The minimum atomic E-state index is 0.549. The molecule has 1 aliphatic rings. The Morgan fingerprint density at radius 3 is 2.74 bits per heavy atom. The van der Waals surface area contributed by atoms with E-state index in [4.69, 9.17) is 9.73 Å². The molecule has 134 valence electrons. The van der Waals surface area contributed by atoms with Crippen LogP contribution in [0, 0.1) is 0 Å². The van der Waals surface area contributed by atoms with Gasteiger partial charge in [-0.15, -0.1) is 11.3 Å². The summed E-state index contributed by atoms with van der Waals surface area (Å²) < 4.78 is 7.73. The van der Waals surface area contributed by atoms with Crippen molar-refractivity contribution in [2.75, 3.05) is 7.11 Å². The molecule has 0 amide bonds. The van der Waals surface area contributed by atoms with Crippen molar-refractivity contribution in [1.29, 1.82) is 0 Å². The maximum absolute atomic E-state index is 5.34. The van der Waals surface area contributed by atoms with Crippen LogP contribution in [0.2, 0.25) is 0 Å². The Kier molecular flexibility index (Phi) is 4.02. The van der Waals surface area contributed by atoms with Gasteiger partial charge in [0, 0.05) is 17.6 Å². The van der Waals surface area contributed by atoms with Crippen LogP contribution in [0.3, 0.4) is 0 Å². The number of hydrogen-bond acceptors (Lipinski definition) is 4. The van der Waals surface area contributed by atoms with Gasteiger partial charge < -0.3 is 9.30 Å². The fourth-order valence-electron chi connectivity index (χ4n) is 3.34. The van der Waals surface area contributed by atoms with E-state index in [0.29, 0.717) is 6.04 Å². The predicted octanol–water partition coefficient (Wildman–Crippen LogP) is 5.34. The quantitative estimate of drug-likeness (QED) is 0.484. The molecule has 2 aromatic carbocycles. The molecule has 27 heavy (non-hydrogen) atoms. The van der Waals surface area contributed by atoms with Gasteiger partial charge in [-0.1, -0.05) is 18.2 Å². The molecule has 1 saturated carbocycles. The van der Waals surface area contributed by atoms with Gasteiger partial charge in [0.25, 0.3) is 0 Å². The van der Waals surface area contributed by atoms with E-state index in [-0.39, 0.29) is 0 Å². The van der Waals surface area contributed by atoms with E-state index in [1.807, 2.05) is 18.2 Å². The van der Waals surface area contributed by atoms with Crippen molar-refractivity contribution in [2.24, 2.45) is 4.99 Å². The third-order valence-corrected chi connectivity index (χ3v) is 5.71. The number of benzene rings is 2. The Bertz CT molecular complexity index is 1170. The summed E-state index contributed by atoms with van der Waals surface area (Å²) in [6.45, 7) is 0. The van der Waals surface area contributed by atoms with Crippen LogP contribution in [-0.2, 0) is 0 Å². The second-order valence-corrected chi connectivity index (χ2v) is 7.59. The smallest absolute Gasteiger partial charge is 0.190 e. The fourth-order valence-corrected chi connectivity index (χ4v) is 4.32. The average Bonchev–Trinajstić information content (AvgIpc) is 3.48. The topological polar surface area (TPSA) is 39.4 Å². The third-order valence-electron chi connectivity index (χ3n) is 4.87. The van der Waals surface area contributed by atoms with Gasteiger partial charge in [0.1, 0.15) is 5.75 Å². The van der Waals surface area contributed by atoms with Crippen molar-refractivity contribution in [3.05, 3.63) is 71.1 Å². The van der Waals surface area contributed by atoms with Gasteiger partial charge in [-0.25, -0.2) is 4.99 Å². The summed E-state index contributed by atoms with van der Waals surface area (Å²) in [5.74, 6) is 0.886. The minimum Gasteiger partial charge on any atom is -0.497 e. The molecular formula is C22H19N3OS. The van der Waals surface area contributed by atoms with Crippen molar-refractivity contribution in [3.8, 4) is 17.0 Å². The molecule has 1 aliphatic carbocycles. The number of aromatic nitrogens is 2. The van der Waals surface area contributed by atoms with E-state index in [9.17, 15) is 0 Å². The van der Waals surface area contributed by atoms with Gasteiger partial charge in [0.15, 0.2) is 4.80 Å². The summed E-state index contributed by atoms with van der Waals surface area (Å²) in [5, 5.41) is 4.62. The molecule has 1 fully saturated rings. The molecule has 4 nitrogen and oxygen atoms in total. The van der Waals surface area contributed by atoms with Crippen molar-refractivity contribution in [1.82, 2.24) is 9.55 Å². The van der Waals surface area contributed by atoms with E-state index in [1.165, 1.54) is 34.9 Å². The normalized spacial score (nSPS) is 14.6. The third kappa shape index (κ3) is 3.15. The lowest BCUT2D eigenvalue weighted by Crippen LogP contribution is -2.14. The zero-order valence-electron chi connectivity index (χ0n) is 15.0. The largest absolute Gasteiger partial charge is 0.497 e. The first-order chi connectivity index (χ1) is 13.3. The van der Waals surface area contributed by atoms with Gasteiger partial charge in [-0.3, -0.25) is 4.98 Å². The molecule has 2 aromatic heterocycles. The van der Waals surface area contributed by atoms with Gasteiger partial charge in [-0.05, 0) is 59.5 Å². The Labute approximate surface area is 161 Å². The lowest BCUT2D eigenvalue weighted by molar-refractivity contribution is 0.415. The maximum atomic E-state index is 5.34. The molecule has 0 saturated heterocycles. The average molecular weight is 373 g/mol. The highest BCUT2D eigenvalue weighted by atomic mass is 32.1. The van der Waals surface area contributed by atoms with E-state index < -0.39 is 0 Å². The number of methoxy groups -OCH3 is 1. The standard InChI is InChI=1S/C22H19N3OS/c1-26-20-9-6-15-11-17(5-4-16(15)12-20)21-14-27-22(25(21)19-7-8-19)24-18-3-2-10-23-13-18/h2-6,9-14,19H,7-8H2,1H3. The molecule has 0 atom stereocenters. The zero-order chi connectivity index (χ0) is 18.2. The monoisotopic (exact) mass is 373 g/mol. The van der Waals surface area contributed by atoms with Crippen LogP contribution in [0.1, 0.15) is 18.9 Å². The highest BCUT2D eigenvalue weighted by Crippen LogP contribution is 2.38. The van der Waals surface area contributed by atoms with Crippen LogP contribution in [0.5, 0.6) is 5.75 Å². The number of rotatable bonds is 4. The predicted molar refractivity (Wildman–Crippen MR) is 110 cm³/mol. The molecule has 0 radical (unpaired) electrons. The SMILES string of the molecule is COc1ccc2cc(-c3csc(=Nc4cccnc4)n3C3CC3)ccc2c1. The zero-order valence-corrected chi connectivity index (χ0v) is 15.8. The van der Waals surface area contributed by atoms with Crippen LogP contribution in [0.4, 0.5) is 5.69 Å². The number of ether oxygens (including phenoxy) is 1. The molecule has 5 heteroatoms. The summed E-state index contributed by atoms with van der Waals surface area (Å²) in [6.07, 6.45) is 6.02. The van der Waals surface area contributed by atoms with E-state index in [1.54, 1.807) is 30.8 Å². The van der Waals surface area contributed by atoms with Crippen molar-refractivity contribution >= 4 is 27.8 Å². The molecular weight excluding hydrogens is 354 g/mol. The second-order valence-electron chi connectivity index (χ2n) is 6.76. The van der Waals surface area contributed by atoms with Crippen LogP contribution in [0.15, 0.2) is 71.3 Å². The van der Waals surface area contributed by atoms with Gasteiger partial charge in [0.2, 0.25) is 0 Å². The first kappa shape index (κ1) is 16.3. The highest BCUT2D eigenvalue weighted by molar-refractivity contribution is 7.07. The molecule has 0 aliphatic heterocycles. The van der Waals surface area contributed by atoms with E-state index >= 15 is 0 Å². The van der Waals surface area contributed by atoms with Gasteiger partial charge in [-0.2, -0.15) is 0 Å². The summed E-state index contributed by atoms with van der Waals surface area (Å²) in [5.41, 5.74) is 3.36. The molecule has 4 aromatic rings. The Balaban J connectivity index is 1.63. The Hall–Kier alpha value is -2.92. The molecule has 0 N–H and O–H groups in total. The Morgan fingerprint density at radius 2 is 1.96 bits per heavy atom. The first-order valence-electron chi connectivity index (χ1n) is 9.05. The Morgan fingerprint density at radius 1 is 1.11 bits per heavy atom. The maximum Gasteiger partial charge on any atom is 0.190 e. The number of nitrogens with zero attached hydrogens (tertiary/aromatic N) is 3. The lowest BCUT2D eigenvalue weighted by atomic mass is 10.1. The highest BCUT2D eigenvalue weighted by Gasteiger charge is 2.27. The number of thiazole rings is 1. The van der Waals surface area contributed by atoms with Crippen LogP contribution in [0.25, 0.3) is 22.0 Å². The number of fused-ring (bicyclic) bond motifs is 1. The van der Waals surface area contributed by atoms with Crippen molar-refractivity contribution in [2.45, 2.75) is 18.9 Å². The van der Waals surface area contributed by atoms with Gasteiger partial charge >= 0.3 is 0 Å². The summed E-state index contributed by atoms with van der Waals surface area (Å²) >= 11 is 1.69. The molecule has 0 spiro atoms. The summed E-state index contributed by atoms with van der Waals surface area (Å²) in [7, 11) is 1.70. The second kappa shape index (κ2) is 6.67. The van der Waals surface area contributed by atoms with Gasteiger partial charge in [0.05, 0.1) is 24.7 Å². The molecule has 2 heterocycles. The first-order valence-corrected chi connectivity index (χ1v) is 9.93. The molecule has 0 bridgehead atoms. The van der Waals surface area contributed by atoms with Crippen LogP contribution in [-0.4, -0.2) is 16.7 Å². The minimum absolute atomic E-state index is 0.549. The van der Waals surface area contributed by atoms with Crippen molar-refractivity contribution < 1.29 is 4.74 Å². The number of hydrogen-bond donors (Lipinski definition) is 0. The summed E-state index contributed by atoms with van der Waals surface area (Å²) in [6, 6.07) is 17.3. The fraction of sp³-hybridized carbons (Fsp3) is 0.182. The van der Waals surface area contributed by atoms with Crippen molar-refractivity contribution in [3.63, 3.8) is 0 Å². The summed E-state index contributed by atoms with van der Waals surface area (Å²) in [4.78, 5) is 10.0.